The van der Waals surface area contributed by atoms with E-state index in [4.69, 9.17) is 4.52 Å². The highest BCUT2D eigenvalue weighted by molar-refractivity contribution is 7.13. The summed E-state index contributed by atoms with van der Waals surface area (Å²) in [6, 6.07) is 9.62. The van der Waals surface area contributed by atoms with Gasteiger partial charge in [0.25, 0.3) is 5.89 Å². The number of hydrogen-bond acceptors (Lipinski definition) is 6. The first-order chi connectivity index (χ1) is 10.4. The highest BCUT2D eigenvalue weighted by atomic mass is 32.1. The fraction of sp³-hybridized carbons (Fsp3) is 0. The number of rotatable bonds is 3. The molecule has 0 aliphatic rings. The quantitative estimate of drug-likeness (QED) is 0.627. The summed E-state index contributed by atoms with van der Waals surface area (Å²) >= 11 is 1.64. The summed E-state index contributed by atoms with van der Waals surface area (Å²) in [7, 11) is 0. The molecule has 0 aliphatic heterocycles. The molecule has 0 amide bonds. The van der Waals surface area contributed by atoms with Crippen LogP contribution in [0, 0.1) is 0 Å². The number of hydrogen-bond donors (Lipinski definition) is 1. The predicted octanol–water partition coefficient (Wildman–Crippen LogP) is 3.25. The van der Waals surface area contributed by atoms with Gasteiger partial charge in [0.2, 0.25) is 5.82 Å². The van der Waals surface area contributed by atoms with Gasteiger partial charge < -0.3 is 4.52 Å². The van der Waals surface area contributed by atoms with Gasteiger partial charge >= 0.3 is 0 Å². The maximum atomic E-state index is 5.27. The van der Waals surface area contributed by atoms with Crippen molar-refractivity contribution in [3.63, 3.8) is 0 Å². The molecule has 4 heterocycles. The summed E-state index contributed by atoms with van der Waals surface area (Å²) in [5, 5.41) is 13.2. The van der Waals surface area contributed by atoms with Gasteiger partial charge in [0.05, 0.1) is 10.6 Å². The van der Waals surface area contributed by atoms with Crippen molar-refractivity contribution in [3.8, 4) is 33.5 Å². The first-order valence-electron chi connectivity index (χ1n) is 6.24. The van der Waals surface area contributed by atoms with Gasteiger partial charge in [-0.2, -0.15) is 10.1 Å². The summed E-state index contributed by atoms with van der Waals surface area (Å²) < 4.78 is 5.27. The van der Waals surface area contributed by atoms with Gasteiger partial charge in [0.1, 0.15) is 0 Å². The third-order valence-electron chi connectivity index (χ3n) is 2.93. The van der Waals surface area contributed by atoms with E-state index in [0.29, 0.717) is 17.4 Å². The Bertz CT molecular complexity index is 851. The molecule has 4 aromatic heterocycles. The van der Waals surface area contributed by atoms with Gasteiger partial charge in [-0.05, 0) is 29.6 Å². The van der Waals surface area contributed by atoms with E-state index in [1.807, 2.05) is 35.7 Å². The molecule has 0 atom stereocenters. The molecule has 0 fully saturated rings. The van der Waals surface area contributed by atoms with Crippen LogP contribution in [0.3, 0.4) is 0 Å². The Balaban J connectivity index is 1.67. The summed E-state index contributed by atoms with van der Waals surface area (Å²) in [6.45, 7) is 0. The highest BCUT2D eigenvalue weighted by Crippen LogP contribution is 2.27. The molecule has 0 saturated carbocycles. The summed E-state index contributed by atoms with van der Waals surface area (Å²) in [4.78, 5) is 9.50. The molecule has 4 rings (SSSR count). The minimum absolute atomic E-state index is 0.382. The number of nitrogens with zero attached hydrogens (tertiary/aromatic N) is 4. The van der Waals surface area contributed by atoms with E-state index >= 15 is 0 Å². The second kappa shape index (κ2) is 4.95. The Morgan fingerprint density at radius 1 is 1.19 bits per heavy atom. The Kier molecular flexibility index (Phi) is 2.82. The lowest BCUT2D eigenvalue weighted by Gasteiger charge is -1.89. The van der Waals surface area contributed by atoms with Crippen LogP contribution < -0.4 is 0 Å². The zero-order valence-corrected chi connectivity index (χ0v) is 11.5. The van der Waals surface area contributed by atoms with Crippen LogP contribution in [0.4, 0.5) is 0 Å². The van der Waals surface area contributed by atoms with E-state index in [0.717, 1.165) is 16.1 Å². The SMILES string of the molecule is c1cncc(-c2noc(-c3cc(-c4cccs4)[nH]n3)n2)c1. The molecule has 1 N–H and O–H groups in total. The Morgan fingerprint density at radius 3 is 3.00 bits per heavy atom. The molecule has 4 aromatic rings. The number of aromatic amines is 1. The smallest absolute Gasteiger partial charge is 0.278 e. The highest BCUT2D eigenvalue weighted by Gasteiger charge is 2.14. The largest absolute Gasteiger partial charge is 0.332 e. The van der Waals surface area contributed by atoms with Crippen LogP contribution in [-0.2, 0) is 0 Å². The van der Waals surface area contributed by atoms with Gasteiger partial charge in [-0.1, -0.05) is 11.2 Å². The monoisotopic (exact) mass is 295 g/mol. The van der Waals surface area contributed by atoms with Crippen LogP contribution in [0.1, 0.15) is 0 Å². The first-order valence-corrected chi connectivity index (χ1v) is 7.12. The molecule has 21 heavy (non-hydrogen) atoms. The van der Waals surface area contributed by atoms with Crippen molar-refractivity contribution in [3.05, 3.63) is 48.1 Å². The van der Waals surface area contributed by atoms with Crippen molar-refractivity contribution in [1.82, 2.24) is 25.3 Å². The standard InChI is InChI=1S/C14H9N5OS/c1-3-9(8-15-5-1)13-16-14(20-19-13)11-7-10(17-18-11)12-4-2-6-21-12/h1-8H,(H,17,18). The average Bonchev–Trinajstić information content (AvgIpc) is 3.27. The number of pyridine rings is 1. The van der Waals surface area contributed by atoms with Crippen molar-refractivity contribution in [2.45, 2.75) is 0 Å². The number of H-pyrrole nitrogens is 1. The molecule has 0 radical (unpaired) electrons. The molecule has 0 aliphatic carbocycles. The predicted molar refractivity (Wildman–Crippen MR) is 78.4 cm³/mol. The second-order valence-corrected chi connectivity index (χ2v) is 5.26. The molecule has 0 aromatic carbocycles. The third-order valence-corrected chi connectivity index (χ3v) is 3.83. The third kappa shape index (κ3) is 2.23. The van der Waals surface area contributed by atoms with E-state index in [-0.39, 0.29) is 0 Å². The Morgan fingerprint density at radius 2 is 2.19 bits per heavy atom. The number of thiophene rings is 1. The van der Waals surface area contributed by atoms with Crippen molar-refractivity contribution in [2.75, 3.05) is 0 Å². The Labute approximate surface area is 123 Å². The fourth-order valence-corrected chi connectivity index (χ4v) is 2.62. The molecule has 0 unspecified atom stereocenters. The lowest BCUT2D eigenvalue weighted by atomic mass is 10.3. The minimum Gasteiger partial charge on any atom is -0.332 e. The lowest BCUT2D eigenvalue weighted by molar-refractivity contribution is 0.431. The van der Waals surface area contributed by atoms with E-state index in [1.165, 1.54) is 0 Å². The first kappa shape index (κ1) is 12.0. The molecule has 6 nitrogen and oxygen atoms in total. The lowest BCUT2D eigenvalue weighted by Crippen LogP contribution is -1.82. The summed E-state index contributed by atoms with van der Waals surface area (Å²) in [5.41, 5.74) is 2.36. The minimum atomic E-state index is 0.382. The van der Waals surface area contributed by atoms with Crippen molar-refractivity contribution >= 4 is 11.3 Å². The van der Waals surface area contributed by atoms with E-state index in [2.05, 4.69) is 25.3 Å². The summed E-state index contributed by atoms with van der Waals surface area (Å²) in [6.07, 6.45) is 3.39. The van der Waals surface area contributed by atoms with Crippen LogP contribution in [-0.4, -0.2) is 25.3 Å². The van der Waals surface area contributed by atoms with Gasteiger partial charge in [-0.15, -0.1) is 11.3 Å². The number of aromatic nitrogens is 5. The normalized spacial score (nSPS) is 10.9. The number of nitrogens with one attached hydrogen (secondary N) is 1. The molecular formula is C14H9N5OS. The van der Waals surface area contributed by atoms with Gasteiger partial charge in [0.15, 0.2) is 5.69 Å². The molecule has 0 spiro atoms. The van der Waals surface area contributed by atoms with Gasteiger partial charge in [-0.25, -0.2) is 0 Å². The topological polar surface area (TPSA) is 80.5 Å². The Hall–Kier alpha value is -2.80. The van der Waals surface area contributed by atoms with E-state index in [1.54, 1.807) is 23.7 Å². The van der Waals surface area contributed by atoms with Crippen LogP contribution in [0.5, 0.6) is 0 Å². The van der Waals surface area contributed by atoms with Gasteiger partial charge in [-0.3, -0.25) is 10.1 Å². The molecule has 7 heteroatoms. The van der Waals surface area contributed by atoms with Crippen LogP contribution >= 0.6 is 11.3 Å². The maximum Gasteiger partial charge on any atom is 0.278 e. The molecule has 102 valence electrons. The van der Waals surface area contributed by atoms with Crippen molar-refractivity contribution in [1.29, 1.82) is 0 Å². The maximum absolute atomic E-state index is 5.27. The van der Waals surface area contributed by atoms with E-state index in [9.17, 15) is 0 Å². The zero-order valence-electron chi connectivity index (χ0n) is 10.7. The summed E-state index contributed by atoms with van der Waals surface area (Å²) in [5.74, 6) is 0.881. The average molecular weight is 295 g/mol. The second-order valence-electron chi connectivity index (χ2n) is 4.31. The molecule has 0 saturated heterocycles. The zero-order chi connectivity index (χ0) is 14.1. The van der Waals surface area contributed by atoms with Crippen molar-refractivity contribution < 1.29 is 4.52 Å². The molecular weight excluding hydrogens is 286 g/mol. The van der Waals surface area contributed by atoms with Crippen LogP contribution in [0.25, 0.3) is 33.5 Å². The van der Waals surface area contributed by atoms with Crippen LogP contribution in [0.2, 0.25) is 0 Å². The van der Waals surface area contributed by atoms with Crippen LogP contribution in [0.15, 0.2) is 52.6 Å². The van der Waals surface area contributed by atoms with Crippen molar-refractivity contribution in [2.24, 2.45) is 0 Å². The fourth-order valence-electron chi connectivity index (χ4n) is 1.93. The molecule has 0 bridgehead atoms. The van der Waals surface area contributed by atoms with E-state index < -0.39 is 0 Å². The van der Waals surface area contributed by atoms with Gasteiger partial charge in [0, 0.05) is 18.0 Å².